The molecule has 3 atom stereocenters. The van der Waals surface area contributed by atoms with Crippen LogP contribution in [0.2, 0.25) is 0 Å². The summed E-state index contributed by atoms with van der Waals surface area (Å²) in [5.74, 6) is 0.665. The molecule has 3 heteroatoms. The van der Waals surface area contributed by atoms with Gasteiger partial charge in [0.25, 0.3) is 0 Å². The molecule has 130 valence electrons. The van der Waals surface area contributed by atoms with Gasteiger partial charge in [0.2, 0.25) is 0 Å². The van der Waals surface area contributed by atoms with Crippen LogP contribution in [-0.4, -0.2) is 36.6 Å². The second-order valence-electron chi connectivity index (χ2n) is 7.67. The van der Waals surface area contributed by atoms with Crippen molar-refractivity contribution in [2.75, 3.05) is 19.7 Å². The van der Waals surface area contributed by atoms with Gasteiger partial charge in [0.15, 0.2) is 0 Å². The molecule has 0 aromatic rings. The predicted octanol–water partition coefficient (Wildman–Crippen LogP) is 4.20. The number of allylic oxidation sites excluding steroid dienone is 1. The summed E-state index contributed by atoms with van der Waals surface area (Å²) in [5, 5.41) is 0. The second-order valence-corrected chi connectivity index (χ2v) is 7.67. The first kappa shape index (κ1) is 18.3. The number of rotatable bonds is 7. The van der Waals surface area contributed by atoms with Crippen molar-refractivity contribution in [1.82, 2.24) is 4.90 Å². The Morgan fingerprint density at radius 1 is 1.48 bits per heavy atom. The Balaban J connectivity index is 2.15. The Labute approximate surface area is 141 Å². The van der Waals surface area contributed by atoms with E-state index in [9.17, 15) is 4.79 Å². The van der Waals surface area contributed by atoms with E-state index < -0.39 is 0 Å². The minimum Gasteiger partial charge on any atom is -0.465 e. The van der Waals surface area contributed by atoms with Crippen molar-refractivity contribution < 1.29 is 9.53 Å². The molecule has 0 bridgehead atoms. The number of unbranched alkanes of at least 4 members (excludes halogenated alkanes) is 1. The maximum Gasteiger partial charge on any atom is 0.323 e. The van der Waals surface area contributed by atoms with Crippen LogP contribution in [0, 0.1) is 17.3 Å². The topological polar surface area (TPSA) is 29.5 Å². The number of ether oxygens (including phenoxy) is 1. The van der Waals surface area contributed by atoms with Gasteiger partial charge in [-0.25, -0.2) is 0 Å². The number of carbonyl (C=O) groups excluding carboxylic acids is 1. The van der Waals surface area contributed by atoms with E-state index in [0.29, 0.717) is 12.5 Å². The second kappa shape index (κ2) is 7.21. The van der Waals surface area contributed by atoms with Crippen LogP contribution in [-0.2, 0) is 9.53 Å². The zero-order chi connectivity index (χ0) is 17.2. The SMILES string of the molecule is C=C1C(CCCC)=C[C@@H]2CN([C@H](C(=O)OCC)C(C)C)CC12C. The molecular weight excluding hydrogens is 286 g/mol. The standard InChI is InChI=1S/C20H33NO2/c1-7-9-10-16-11-17-12-21(13-20(17,6)15(16)5)18(14(3)4)19(22)23-8-2/h11,14,17-18H,5,7-10,12-13H2,1-4,6H3/t17-,18+,20?/m1/s1. The highest BCUT2D eigenvalue weighted by molar-refractivity contribution is 5.76. The summed E-state index contributed by atoms with van der Waals surface area (Å²) in [6.07, 6.45) is 6.03. The number of esters is 1. The van der Waals surface area contributed by atoms with E-state index in [0.717, 1.165) is 19.5 Å². The fourth-order valence-corrected chi connectivity index (χ4v) is 4.21. The van der Waals surface area contributed by atoms with Gasteiger partial charge in [0, 0.05) is 24.4 Å². The van der Waals surface area contributed by atoms with Gasteiger partial charge in [-0.3, -0.25) is 9.69 Å². The summed E-state index contributed by atoms with van der Waals surface area (Å²) in [4.78, 5) is 14.7. The molecule has 0 radical (unpaired) electrons. The van der Waals surface area contributed by atoms with Crippen molar-refractivity contribution in [3.8, 4) is 0 Å². The molecule has 3 nitrogen and oxygen atoms in total. The lowest BCUT2D eigenvalue weighted by Gasteiger charge is -2.32. The molecule has 2 aliphatic rings. The smallest absolute Gasteiger partial charge is 0.323 e. The van der Waals surface area contributed by atoms with E-state index in [1.54, 1.807) is 0 Å². The molecule has 1 saturated heterocycles. The molecule has 0 aromatic carbocycles. The predicted molar refractivity (Wildman–Crippen MR) is 95.2 cm³/mol. The molecule has 1 unspecified atom stereocenters. The Morgan fingerprint density at radius 3 is 2.70 bits per heavy atom. The highest BCUT2D eigenvalue weighted by Crippen LogP contribution is 2.52. The molecule has 1 aliphatic heterocycles. The molecule has 1 aliphatic carbocycles. The summed E-state index contributed by atoms with van der Waals surface area (Å²) in [6.45, 7) is 17.3. The van der Waals surface area contributed by atoms with Crippen molar-refractivity contribution in [1.29, 1.82) is 0 Å². The zero-order valence-corrected chi connectivity index (χ0v) is 15.5. The average molecular weight is 319 g/mol. The molecule has 0 N–H and O–H groups in total. The zero-order valence-electron chi connectivity index (χ0n) is 15.5. The van der Waals surface area contributed by atoms with Crippen LogP contribution >= 0.6 is 0 Å². The summed E-state index contributed by atoms with van der Waals surface area (Å²) < 4.78 is 5.32. The molecule has 23 heavy (non-hydrogen) atoms. The number of carbonyl (C=O) groups is 1. The molecule has 0 saturated carbocycles. The Morgan fingerprint density at radius 2 is 2.17 bits per heavy atom. The average Bonchev–Trinajstić information content (AvgIpc) is 2.90. The minimum atomic E-state index is -0.141. The lowest BCUT2D eigenvalue weighted by Crippen LogP contribution is -2.45. The van der Waals surface area contributed by atoms with Gasteiger partial charge in [-0.15, -0.1) is 0 Å². The van der Waals surface area contributed by atoms with Crippen LogP contribution in [0.3, 0.4) is 0 Å². The van der Waals surface area contributed by atoms with Crippen molar-refractivity contribution in [3.63, 3.8) is 0 Å². The fourth-order valence-electron chi connectivity index (χ4n) is 4.21. The lowest BCUT2D eigenvalue weighted by molar-refractivity contribution is -0.151. The van der Waals surface area contributed by atoms with Gasteiger partial charge >= 0.3 is 5.97 Å². The van der Waals surface area contributed by atoms with Crippen molar-refractivity contribution in [2.24, 2.45) is 17.3 Å². The van der Waals surface area contributed by atoms with Crippen molar-refractivity contribution in [2.45, 2.75) is 59.9 Å². The Bertz CT molecular complexity index is 494. The maximum absolute atomic E-state index is 12.4. The third-order valence-electron chi connectivity index (χ3n) is 5.61. The third kappa shape index (κ3) is 3.40. The summed E-state index contributed by atoms with van der Waals surface area (Å²) in [5.41, 5.74) is 2.84. The molecule has 1 heterocycles. The van der Waals surface area contributed by atoms with E-state index in [1.807, 2.05) is 6.92 Å². The maximum atomic E-state index is 12.4. The first-order chi connectivity index (χ1) is 10.8. The van der Waals surface area contributed by atoms with E-state index in [4.69, 9.17) is 4.74 Å². The Hall–Kier alpha value is -1.09. The first-order valence-corrected chi connectivity index (χ1v) is 9.16. The number of nitrogens with zero attached hydrogens (tertiary/aromatic N) is 1. The largest absolute Gasteiger partial charge is 0.465 e. The van der Waals surface area contributed by atoms with E-state index in [1.165, 1.54) is 24.0 Å². The van der Waals surface area contributed by atoms with Gasteiger partial charge < -0.3 is 4.74 Å². The molecule has 2 rings (SSSR count). The summed E-state index contributed by atoms with van der Waals surface area (Å²) in [6, 6.07) is -0.141. The lowest BCUT2D eigenvalue weighted by atomic mass is 9.78. The minimum absolute atomic E-state index is 0.0770. The van der Waals surface area contributed by atoms with Gasteiger partial charge in [0.05, 0.1) is 6.61 Å². The van der Waals surface area contributed by atoms with Crippen LogP contribution in [0.1, 0.15) is 53.9 Å². The summed E-state index contributed by atoms with van der Waals surface area (Å²) >= 11 is 0. The van der Waals surface area contributed by atoms with Crippen LogP contribution in [0.25, 0.3) is 0 Å². The third-order valence-corrected chi connectivity index (χ3v) is 5.61. The number of fused-ring (bicyclic) bond motifs is 1. The van der Waals surface area contributed by atoms with Gasteiger partial charge in [-0.05, 0) is 36.8 Å². The first-order valence-electron chi connectivity index (χ1n) is 9.16. The van der Waals surface area contributed by atoms with Crippen molar-refractivity contribution >= 4 is 5.97 Å². The highest BCUT2D eigenvalue weighted by atomic mass is 16.5. The van der Waals surface area contributed by atoms with Gasteiger partial charge in [-0.1, -0.05) is 46.8 Å². The fraction of sp³-hybridized carbons (Fsp3) is 0.750. The number of hydrogen-bond donors (Lipinski definition) is 0. The monoisotopic (exact) mass is 319 g/mol. The van der Waals surface area contributed by atoms with Gasteiger partial charge in [0.1, 0.15) is 6.04 Å². The van der Waals surface area contributed by atoms with Crippen LogP contribution in [0.4, 0.5) is 0 Å². The quantitative estimate of drug-likeness (QED) is 0.659. The van der Waals surface area contributed by atoms with E-state index >= 15 is 0 Å². The van der Waals surface area contributed by atoms with E-state index in [2.05, 4.69) is 45.2 Å². The Kier molecular flexibility index (Phi) is 5.72. The normalized spacial score (nSPS) is 28.9. The van der Waals surface area contributed by atoms with Gasteiger partial charge in [-0.2, -0.15) is 0 Å². The molecule has 0 aromatic heterocycles. The van der Waals surface area contributed by atoms with Crippen molar-refractivity contribution in [3.05, 3.63) is 23.8 Å². The molecular formula is C20H33NO2. The van der Waals surface area contributed by atoms with Crippen LogP contribution in [0.5, 0.6) is 0 Å². The highest BCUT2D eigenvalue weighted by Gasteiger charge is 2.51. The molecule has 1 fully saturated rings. The van der Waals surface area contributed by atoms with Crippen LogP contribution in [0.15, 0.2) is 23.8 Å². The molecule has 0 amide bonds. The number of likely N-dealkylation sites (tertiary alicyclic amines) is 1. The van der Waals surface area contributed by atoms with E-state index in [-0.39, 0.29) is 23.3 Å². The number of hydrogen-bond acceptors (Lipinski definition) is 3. The van der Waals surface area contributed by atoms with Crippen LogP contribution < -0.4 is 0 Å². The summed E-state index contributed by atoms with van der Waals surface area (Å²) in [7, 11) is 0. The molecule has 0 spiro atoms.